The Morgan fingerprint density at radius 3 is 2.70 bits per heavy atom. The second kappa shape index (κ2) is 5.94. The Morgan fingerprint density at radius 2 is 2.05 bits per heavy atom. The Kier molecular flexibility index (Phi) is 4.40. The highest BCUT2D eigenvalue weighted by molar-refractivity contribution is 5.02. The maximum atomic E-state index is 5.66. The van der Waals surface area contributed by atoms with Gasteiger partial charge in [-0.1, -0.05) is 6.92 Å². The van der Waals surface area contributed by atoms with Crippen LogP contribution in [-0.2, 0) is 4.74 Å². The zero-order valence-electron chi connectivity index (χ0n) is 13.5. The third kappa shape index (κ3) is 3.05. The molecule has 0 radical (unpaired) electrons. The SMILES string of the molecule is CCC1(C)CN(C2CCCC(OC)C2)C(C2CC2)CN1. The molecule has 0 aromatic rings. The molecule has 3 heteroatoms. The summed E-state index contributed by atoms with van der Waals surface area (Å²) in [5.74, 6) is 0.965. The second-order valence-corrected chi connectivity index (χ2v) is 7.55. The van der Waals surface area contributed by atoms with Gasteiger partial charge >= 0.3 is 0 Å². The summed E-state index contributed by atoms with van der Waals surface area (Å²) in [6.07, 6.45) is 9.85. The fourth-order valence-electron chi connectivity index (χ4n) is 4.24. The van der Waals surface area contributed by atoms with E-state index in [0.717, 1.165) is 18.0 Å². The van der Waals surface area contributed by atoms with E-state index in [1.807, 2.05) is 7.11 Å². The van der Waals surface area contributed by atoms with Crippen molar-refractivity contribution in [1.29, 1.82) is 0 Å². The summed E-state index contributed by atoms with van der Waals surface area (Å²) in [7, 11) is 1.89. The van der Waals surface area contributed by atoms with Gasteiger partial charge in [0, 0.05) is 37.8 Å². The third-order valence-electron chi connectivity index (χ3n) is 6.04. The summed E-state index contributed by atoms with van der Waals surface area (Å²) in [4.78, 5) is 2.88. The van der Waals surface area contributed by atoms with Crippen LogP contribution < -0.4 is 5.32 Å². The fraction of sp³-hybridized carbons (Fsp3) is 1.00. The summed E-state index contributed by atoms with van der Waals surface area (Å²) in [6, 6.07) is 1.54. The Morgan fingerprint density at radius 1 is 1.25 bits per heavy atom. The Bertz CT molecular complexity index is 331. The maximum absolute atomic E-state index is 5.66. The van der Waals surface area contributed by atoms with Gasteiger partial charge in [-0.2, -0.15) is 0 Å². The first-order chi connectivity index (χ1) is 9.65. The minimum absolute atomic E-state index is 0.311. The van der Waals surface area contributed by atoms with Crippen LogP contribution in [0.4, 0.5) is 0 Å². The van der Waals surface area contributed by atoms with Gasteiger partial charge in [0.2, 0.25) is 0 Å². The number of rotatable bonds is 4. The van der Waals surface area contributed by atoms with E-state index in [9.17, 15) is 0 Å². The molecule has 3 nitrogen and oxygen atoms in total. The number of nitrogens with zero attached hydrogens (tertiary/aromatic N) is 1. The highest BCUT2D eigenvalue weighted by atomic mass is 16.5. The maximum Gasteiger partial charge on any atom is 0.0586 e. The number of nitrogens with one attached hydrogen (secondary N) is 1. The van der Waals surface area contributed by atoms with Crippen molar-refractivity contribution in [3.63, 3.8) is 0 Å². The van der Waals surface area contributed by atoms with E-state index in [2.05, 4.69) is 24.1 Å². The first kappa shape index (κ1) is 14.8. The van der Waals surface area contributed by atoms with Gasteiger partial charge in [-0.05, 0) is 57.8 Å². The minimum Gasteiger partial charge on any atom is -0.381 e. The molecule has 1 N–H and O–H groups in total. The standard InChI is InChI=1S/C17H32N2O/c1-4-17(2)12-19(16(11-18-17)13-8-9-13)14-6-5-7-15(10-14)20-3/h13-16,18H,4-12H2,1-3H3. The number of methoxy groups -OCH3 is 1. The van der Waals surface area contributed by atoms with Crippen LogP contribution in [-0.4, -0.2) is 48.8 Å². The first-order valence-corrected chi connectivity index (χ1v) is 8.69. The number of hydrogen-bond acceptors (Lipinski definition) is 3. The summed E-state index contributed by atoms with van der Waals surface area (Å²) in [5.41, 5.74) is 0.311. The van der Waals surface area contributed by atoms with E-state index in [4.69, 9.17) is 4.74 Å². The van der Waals surface area contributed by atoms with Crippen LogP contribution in [0.25, 0.3) is 0 Å². The zero-order valence-corrected chi connectivity index (χ0v) is 13.5. The van der Waals surface area contributed by atoms with Gasteiger partial charge in [0.15, 0.2) is 0 Å². The minimum atomic E-state index is 0.311. The predicted molar refractivity (Wildman–Crippen MR) is 83.0 cm³/mol. The van der Waals surface area contributed by atoms with Crippen LogP contribution >= 0.6 is 0 Å². The third-order valence-corrected chi connectivity index (χ3v) is 6.04. The predicted octanol–water partition coefficient (Wildman–Crippen LogP) is 2.80. The number of ether oxygens (including phenoxy) is 1. The molecule has 0 amide bonds. The number of piperazine rings is 1. The lowest BCUT2D eigenvalue weighted by molar-refractivity contribution is -0.0185. The van der Waals surface area contributed by atoms with Crippen LogP contribution in [0.1, 0.15) is 58.8 Å². The highest BCUT2D eigenvalue weighted by Crippen LogP contribution is 2.40. The first-order valence-electron chi connectivity index (χ1n) is 8.69. The summed E-state index contributed by atoms with van der Waals surface area (Å²) in [6.45, 7) is 7.15. The monoisotopic (exact) mass is 280 g/mol. The lowest BCUT2D eigenvalue weighted by Crippen LogP contribution is -2.66. The van der Waals surface area contributed by atoms with Gasteiger partial charge in [-0.25, -0.2) is 0 Å². The highest BCUT2D eigenvalue weighted by Gasteiger charge is 2.44. The topological polar surface area (TPSA) is 24.5 Å². The van der Waals surface area contributed by atoms with Crippen molar-refractivity contribution in [3.05, 3.63) is 0 Å². The quantitative estimate of drug-likeness (QED) is 0.857. The molecule has 4 atom stereocenters. The molecular weight excluding hydrogens is 248 g/mol. The van der Waals surface area contributed by atoms with Gasteiger partial charge in [0.1, 0.15) is 0 Å². The molecule has 20 heavy (non-hydrogen) atoms. The smallest absolute Gasteiger partial charge is 0.0586 e. The lowest BCUT2D eigenvalue weighted by atomic mass is 9.85. The summed E-state index contributed by atoms with van der Waals surface area (Å²) >= 11 is 0. The van der Waals surface area contributed by atoms with Gasteiger partial charge in [0.25, 0.3) is 0 Å². The van der Waals surface area contributed by atoms with E-state index in [0.29, 0.717) is 11.6 Å². The largest absolute Gasteiger partial charge is 0.381 e. The van der Waals surface area contributed by atoms with Crippen molar-refractivity contribution in [2.75, 3.05) is 20.2 Å². The molecule has 4 unspecified atom stereocenters. The van der Waals surface area contributed by atoms with Crippen LogP contribution in [0.5, 0.6) is 0 Å². The summed E-state index contributed by atoms with van der Waals surface area (Å²) in [5, 5.41) is 3.84. The number of hydrogen-bond donors (Lipinski definition) is 1. The molecule has 3 rings (SSSR count). The zero-order chi connectivity index (χ0) is 14.2. The molecule has 0 aromatic heterocycles. The van der Waals surface area contributed by atoms with Crippen LogP contribution in [0.15, 0.2) is 0 Å². The molecule has 1 heterocycles. The van der Waals surface area contributed by atoms with E-state index in [1.165, 1.54) is 58.0 Å². The van der Waals surface area contributed by atoms with Crippen molar-refractivity contribution < 1.29 is 4.74 Å². The lowest BCUT2D eigenvalue weighted by Gasteiger charge is -2.51. The van der Waals surface area contributed by atoms with E-state index in [-0.39, 0.29) is 0 Å². The van der Waals surface area contributed by atoms with Gasteiger partial charge < -0.3 is 10.1 Å². The van der Waals surface area contributed by atoms with Crippen molar-refractivity contribution >= 4 is 0 Å². The molecule has 0 spiro atoms. The van der Waals surface area contributed by atoms with Gasteiger partial charge in [0.05, 0.1) is 6.10 Å². The Hall–Kier alpha value is -0.120. The average Bonchev–Trinajstić information content (AvgIpc) is 3.32. The Balaban J connectivity index is 1.71. The van der Waals surface area contributed by atoms with E-state index >= 15 is 0 Å². The van der Waals surface area contributed by atoms with Crippen LogP contribution in [0, 0.1) is 5.92 Å². The van der Waals surface area contributed by atoms with Gasteiger partial charge in [-0.15, -0.1) is 0 Å². The van der Waals surface area contributed by atoms with Crippen molar-refractivity contribution in [2.45, 2.75) is 82.5 Å². The fourth-order valence-corrected chi connectivity index (χ4v) is 4.24. The van der Waals surface area contributed by atoms with Crippen molar-refractivity contribution in [1.82, 2.24) is 10.2 Å². The molecular formula is C17H32N2O. The van der Waals surface area contributed by atoms with E-state index in [1.54, 1.807) is 0 Å². The molecule has 0 bridgehead atoms. The van der Waals surface area contributed by atoms with Crippen molar-refractivity contribution in [2.24, 2.45) is 5.92 Å². The Labute approximate surface area is 124 Å². The molecule has 1 saturated heterocycles. The second-order valence-electron chi connectivity index (χ2n) is 7.55. The normalized spacial score (nSPS) is 43.6. The van der Waals surface area contributed by atoms with Crippen LogP contribution in [0.3, 0.4) is 0 Å². The molecule has 116 valence electrons. The summed E-state index contributed by atoms with van der Waals surface area (Å²) < 4.78 is 5.66. The van der Waals surface area contributed by atoms with E-state index < -0.39 is 0 Å². The van der Waals surface area contributed by atoms with Crippen LogP contribution in [0.2, 0.25) is 0 Å². The van der Waals surface area contributed by atoms with Crippen molar-refractivity contribution in [3.8, 4) is 0 Å². The molecule has 2 saturated carbocycles. The molecule has 0 aromatic carbocycles. The molecule has 2 aliphatic carbocycles. The van der Waals surface area contributed by atoms with Gasteiger partial charge in [-0.3, -0.25) is 4.90 Å². The molecule has 3 fully saturated rings. The average molecular weight is 280 g/mol. The molecule has 1 aliphatic heterocycles. The molecule has 3 aliphatic rings.